The van der Waals surface area contributed by atoms with Crippen molar-refractivity contribution in [2.45, 2.75) is 32.9 Å². The molecular formula is C16H30ClN5OS. The van der Waals surface area contributed by atoms with E-state index in [9.17, 15) is 4.79 Å². The first-order chi connectivity index (χ1) is 10.9. The largest absolute Gasteiger partial charge is 0.339 e. The number of amides is 1. The van der Waals surface area contributed by atoms with Crippen LogP contribution in [0.25, 0.3) is 0 Å². The number of nitrogens with zero attached hydrogens (tertiary/aromatic N) is 4. The van der Waals surface area contributed by atoms with Crippen LogP contribution in [0.3, 0.4) is 0 Å². The molecule has 1 aromatic rings. The van der Waals surface area contributed by atoms with Crippen LogP contribution in [0.2, 0.25) is 0 Å². The molecule has 1 saturated heterocycles. The maximum absolute atomic E-state index is 12.3. The molecule has 0 saturated carbocycles. The molecule has 2 heterocycles. The average Bonchev–Trinajstić information content (AvgIpc) is 2.79. The molecular weight excluding hydrogens is 346 g/mol. The first-order valence-electron chi connectivity index (χ1n) is 8.18. The highest BCUT2D eigenvalue weighted by atomic mass is 35.5. The molecule has 0 radical (unpaired) electrons. The predicted molar refractivity (Wildman–Crippen MR) is 103 cm³/mol. The SMILES string of the molecule is CSCC[C@H](N)C(=O)N1CCN(Cc2c(C)nn(C)c2C)CC1.Cl. The van der Waals surface area contributed by atoms with E-state index in [4.69, 9.17) is 5.73 Å². The van der Waals surface area contributed by atoms with E-state index in [-0.39, 0.29) is 24.4 Å². The molecule has 6 nitrogen and oxygen atoms in total. The third-order valence-corrected chi connectivity index (χ3v) is 5.32. The van der Waals surface area contributed by atoms with Crippen molar-refractivity contribution in [3.63, 3.8) is 0 Å². The lowest BCUT2D eigenvalue weighted by Gasteiger charge is -2.36. The standard InChI is InChI=1S/C16H29N5OS.ClH/c1-12-14(13(2)19(3)18-12)11-20-6-8-21(9-7-20)16(22)15(17)5-10-23-4;/h15H,5-11,17H2,1-4H3;1H/t15-;/m0./s1. The quantitative estimate of drug-likeness (QED) is 0.808. The van der Waals surface area contributed by atoms with E-state index < -0.39 is 0 Å². The van der Waals surface area contributed by atoms with Crippen molar-refractivity contribution >= 4 is 30.1 Å². The van der Waals surface area contributed by atoms with Gasteiger partial charge in [-0.3, -0.25) is 14.4 Å². The smallest absolute Gasteiger partial charge is 0.239 e. The van der Waals surface area contributed by atoms with Crippen LogP contribution in [0, 0.1) is 13.8 Å². The van der Waals surface area contributed by atoms with Crippen LogP contribution in [-0.2, 0) is 18.4 Å². The van der Waals surface area contributed by atoms with Gasteiger partial charge in [0.25, 0.3) is 0 Å². The van der Waals surface area contributed by atoms with Gasteiger partial charge < -0.3 is 10.6 Å². The lowest BCUT2D eigenvalue weighted by atomic mass is 10.1. The Kier molecular flexibility index (Phi) is 8.56. The fourth-order valence-corrected chi connectivity index (χ4v) is 3.49. The first kappa shape index (κ1) is 21.3. The van der Waals surface area contributed by atoms with E-state index in [1.807, 2.05) is 22.9 Å². The number of hydrogen-bond donors (Lipinski definition) is 1. The molecule has 1 amide bonds. The fourth-order valence-electron chi connectivity index (χ4n) is 3.00. The van der Waals surface area contributed by atoms with Crippen molar-refractivity contribution in [3.8, 4) is 0 Å². The van der Waals surface area contributed by atoms with Crippen molar-refractivity contribution in [1.29, 1.82) is 0 Å². The summed E-state index contributed by atoms with van der Waals surface area (Å²) in [7, 11) is 1.98. The Morgan fingerprint density at radius 3 is 2.42 bits per heavy atom. The van der Waals surface area contributed by atoms with E-state index >= 15 is 0 Å². The van der Waals surface area contributed by atoms with Crippen molar-refractivity contribution in [2.24, 2.45) is 12.8 Å². The zero-order valence-corrected chi connectivity index (χ0v) is 16.8. The maximum Gasteiger partial charge on any atom is 0.239 e. The van der Waals surface area contributed by atoms with Gasteiger partial charge in [-0.25, -0.2) is 0 Å². The molecule has 8 heteroatoms. The number of carbonyl (C=O) groups is 1. The number of piperazine rings is 1. The van der Waals surface area contributed by atoms with E-state index in [0.29, 0.717) is 0 Å². The van der Waals surface area contributed by atoms with Crippen LogP contribution in [-0.4, -0.2) is 69.7 Å². The van der Waals surface area contributed by atoms with Crippen molar-refractivity contribution in [2.75, 3.05) is 38.2 Å². The maximum atomic E-state index is 12.3. The molecule has 2 rings (SSSR count). The number of nitrogens with two attached hydrogens (primary N) is 1. The second kappa shape index (κ2) is 9.65. The van der Waals surface area contributed by atoms with Crippen LogP contribution in [0.5, 0.6) is 0 Å². The second-order valence-electron chi connectivity index (χ2n) is 6.26. The zero-order chi connectivity index (χ0) is 17.0. The van der Waals surface area contributed by atoms with E-state index in [0.717, 1.165) is 50.6 Å². The highest BCUT2D eigenvalue weighted by Crippen LogP contribution is 2.16. The van der Waals surface area contributed by atoms with E-state index in [1.54, 1.807) is 11.8 Å². The van der Waals surface area contributed by atoms with Gasteiger partial charge in [0, 0.05) is 51.0 Å². The Hall–Kier alpha value is -0.760. The minimum Gasteiger partial charge on any atom is -0.339 e. The van der Waals surface area contributed by atoms with Gasteiger partial charge in [-0.2, -0.15) is 16.9 Å². The summed E-state index contributed by atoms with van der Waals surface area (Å²) in [6, 6.07) is -0.350. The molecule has 0 spiro atoms. The zero-order valence-electron chi connectivity index (χ0n) is 15.1. The lowest BCUT2D eigenvalue weighted by Crippen LogP contribution is -2.53. The number of carbonyl (C=O) groups excluding carboxylic acids is 1. The van der Waals surface area contributed by atoms with E-state index in [2.05, 4.69) is 23.8 Å². The molecule has 0 bridgehead atoms. The third-order valence-electron chi connectivity index (χ3n) is 4.67. The Balaban J connectivity index is 0.00000288. The highest BCUT2D eigenvalue weighted by molar-refractivity contribution is 7.98. The number of thioether (sulfide) groups is 1. The number of rotatable bonds is 6. The van der Waals surface area contributed by atoms with Crippen molar-refractivity contribution in [3.05, 3.63) is 17.0 Å². The second-order valence-corrected chi connectivity index (χ2v) is 7.25. The van der Waals surface area contributed by atoms with Gasteiger partial charge in [0.15, 0.2) is 0 Å². The number of halogens is 1. The van der Waals surface area contributed by atoms with Crippen LogP contribution >= 0.6 is 24.2 Å². The van der Waals surface area contributed by atoms with Crippen molar-refractivity contribution < 1.29 is 4.79 Å². The topological polar surface area (TPSA) is 67.4 Å². The van der Waals surface area contributed by atoms with Gasteiger partial charge in [-0.05, 0) is 32.3 Å². The summed E-state index contributed by atoms with van der Waals surface area (Å²) in [6.07, 6.45) is 2.80. The van der Waals surface area contributed by atoms with Gasteiger partial charge in [0.1, 0.15) is 0 Å². The number of hydrogen-bond acceptors (Lipinski definition) is 5. The summed E-state index contributed by atoms with van der Waals surface area (Å²) in [5, 5.41) is 4.48. The summed E-state index contributed by atoms with van der Waals surface area (Å²) in [5.41, 5.74) is 9.64. The minimum absolute atomic E-state index is 0. The molecule has 0 aliphatic carbocycles. The number of aromatic nitrogens is 2. The summed E-state index contributed by atoms with van der Waals surface area (Å²) < 4.78 is 1.94. The Morgan fingerprint density at radius 2 is 1.92 bits per heavy atom. The monoisotopic (exact) mass is 375 g/mol. The normalized spacial score (nSPS) is 16.8. The third kappa shape index (κ3) is 5.12. The number of aryl methyl sites for hydroxylation is 2. The molecule has 138 valence electrons. The predicted octanol–water partition coefficient (Wildman–Crippen LogP) is 1.18. The fraction of sp³-hybridized carbons (Fsp3) is 0.750. The van der Waals surface area contributed by atoms with Gasteiger partial charge >= 0.3 is 0 Å². The van der Waals surface area contributed by atoms with Crippen molar-refractivity contribution in [1.82, 2.24) is 19.6 Å². The summed E-state index contributed by atoms with van der Waals surface area (Å²) in [5.74, 6) is 1.04. The van der Waals surface area contributed by atoms with E-state index in [1.165, 1.54) is 11.3 Å². The molecule has 1 aliphatic rings. The van der Waals surface area contributed by atoms with Gasteiger partial charge in [0.2, 0.25) is 5.91 Å². The lowest BCUT2D eigenvalue weighted by molar-refractivity contribution is -0.134. The van der Waals surface area contributed by atoms with Crippen LogP contribution < -0.4 is 5.73 Å². The minimum atomic E-state index is -0.350. The molecule has 0 unspecified atom stereocenters. The van der Waals surface area contributed by atoms with Crippen LogP contribution in [0.15, 0.2) is 0 Å². The average molecular weight is 376 g/mol. The first-order valence-corrected chi connectivity index (χ1v) is 9.58. The molecule has 0 aromatic carbocycles. The molecule has 24 heavy (non-hydrogen) atoms. The summed E-state index contributed by atoms with van der Waals surface area (Å²) >= 11 is 1.73. The molecule has 1 atom stereocenters. The summed E-state index contributed by atoms with van der Waals surface area (Å²) in [6.45, 7) is 8.41. The summed E-state index contributed by atoms with van der Waals surface area (Å²) in [4.78, 5) is 16.7. The Bertz CT molecular complexity index is 543. The van der Waals surface area contributed by atoms with Gasteiger partial charge in [0.05, 0.1) is 11.7 Å². The molecule has 1 fully saturated rings. The van der Waals surface area contributed by atoms with Gasteiger partial charge in [-0.1, -0.05) is 0 Å². The van der Waals surface area contributed by atoms with Gasteiger partial charge in [-0.15, -0.1) is 12.4 Å². The Labute approximate surface area is 155 Å². The molecule has 1 aliphatic heterocycles. The molecule has 2 N–H and O–H groups in total. The van der Waals surface area contributed by atoms with Crippen LogP contribution in [0.1, 0.15) is 23.4 Å². The highest BCUT2D eigenvalue weighted by Gasteiger charge is 2.25. The molecule has 1 aromatic heterocycles. The Morgan fingerprint density at radius 1 is 1.29 bits per heavy atom. The van der Waals surface area contributed by atoms with Crippen LogP contribution in [0.4, 0.5) is 0 Å².